The summed E-state index contributed by atoms with van der Waals surface area (Å²) in [6, 6.07) is 0. The molecule has 0 radical (unpaired) electrons. The van der Waals surface area contributed by atoms with Gasteiger partial charge in [-0.3, -0.25) is 10.1 Å². The second-order valence-corrected chi connectivity index (χ2v) is 8.55. The number of nitrogens with one attached hydrogen (secondary N) is 1. The third kappa shape index (κ3) is 6.16. The summed E-state index contributed by atoms with van der Waals surface area (Å²) in [4.78, 5) is 11.7. The molecule has 0 aliphatic rings. The highest BCUT2D eigenvalue weighted by molar-refractivity contribution is 8.01. The Labute approximate surface area is 127 Å². The highest BCUT2D eigenvalue weighted by atomic mass is 32.2. The maximum Gasteiger partial charge on any atom is 0.241 e. The van der Waals surface area contributed by atoms with Crippen molar-refractivity contribution in [2.45, 2.75) is 24.1 Å². The van der Waals surface area contributed by atoms with E-state index in [1.54, 1.807) is 11.8 Å². The first-order valence-electron chi connectivity index (χ1n) is 6.00. The number of sulfonamides is 1. The summed E-state index contributed by atoms with van der Waals surface area (Å²) in [5.41, 5.74) is 0. The molecule has 114 valence electrons. The molecule has 0 spiro atoms. The van der Waals surface area contributed by atoms with Crippen LogP contribution in [-0.4, -0.2) is 54.4 Å². The van der Waals surface area contributed by atoms with Gasteiger partial charge in [-0.05, 0) is 6.42 Å². The van der Waals surface area contributed by atoms with E-state index >= 15 is 0 Å². The molecule has 0 saturated carbocycles. The molecule has 20 heavy (non-hydrogen) atoms. The van der Waals surface area contributed by atoms with Crippen LogP contribution in [-0.2, 0) is 14.8 Å². The lowest BCUT2D eigenvalue weighted by Gasteiger charge is -2.12. The average molecular weight is 338 g/mol. The van der Waals surface area contributed by atoms with Gasteiger partial charge in [-0.25, -0.2) is 8.42 Å². The van der Waals surface area contributed by atoms with Crippen molar-refractivity contribution in [3.8, 4) is 0 Å². The summed E-state index contributed by atoms with van der Waals surface area (Å²) in [7, 11) is -2.02. The molecule has 0 bridgehead atoms. The number of anilines is 1. The van der Waals surface area contributed by atoms with E-state index in [-0.39, 0.29) is 6.54 Å². The SMILES string of the molecule is CCCCSc1nnc(NC(=O)CN(C)S(C)(=O)=O)s1. The zero-order valence-electron chi connectivity index (χ0n) is 11.6. The number of likely N-dealkylation sites (N-methyl/N-ethyl adjacent to an activating group) is 1. The monoisotopic (exact) mass is 338 g/mol. The summed E-state index contributed by atoms with van der Waals surface area (Å²) >= 11 is 2.89. The number of unbranched alkanes of at least 4 members (excludes halogenated alkanes) is 1. The van der Waals surface area contributed by atoms with Crippen LogP contribution in [0.4, 0.5) is 5.13 Å². The lowest BCUT2D eigenvalue weighted by Crippen LogP contribution is -2.34. The van der Waals surface area contributed by atoms with Crippen LogP contribution in [0.5, 0.6) is 0 Å². The van der Waals surface area contributed by atoms with Crippen molar-refractivity contribution < 1.29 is 13.2 Å². The Morgan fingerprint density at radius 3 is 2.75 bits per heavy atom. The van der Waals surface area contributed by atoms with Crippen molar-refractivity contribution in [3.05, 3.63) is 0 Å². The molecule has 7 nitrogen and oxygen atoms in total. The molecule has 1 rings (SSSR count). The number of carbonyl (C=O) groups is 1. The van der Waals surface area contributed by atoms with Crippen molar-refractivity contribution in [2.24, 2.45) is 0 Å². The van der Waals surface area contributed by atoms with E-state index in [0.717, 1.165) is 33.5 Å². The number of thioether (sulfide) groups is 1. The third-order valence-corrected chi connectivity index (χ3v) is 5.63. The van der Waals surface area contributed by atoms with Crippen LogP contribution < -0.4 is 5.32 Å². The number of hydrogen-bond acceptors (Lipinski definition) is 7. The van der Waals surface area contributed by atoms with E-state index in [1.165, 1.54) is 18.4 Å². The Hall–Kier alpha value is -0.710. The van der Waals surface area contributed by atoms with E-state index < -0.39 is 15.9 Å². The Kier molecular flexibility index (Phi) is 6.86. The minimum absolute atomic E-state index is 0.239. The first kappa shape index (κ1) is 17.3. The molecule has 0 unspecified atom stereocenters. The maximum absolute atomic E-state index is 11.7. The molecule has 0 aromatic carbocycles. The fourth-order valence-electron chi connectivity index (χ4n) is 1.10. The summed E-state index contributed by atoms with van der Waals surface area (Å²) in [5, 5.41) is 10.7. The van der Waals surface area contributed by atoms with Crippen LogP contribution in [0.25, 0.3) is 0 Å². The van der Waals surface area contributed by atoms with Gasteiger partial charge in [-0.2, -0.15) is 4.31 Å². The molecule has 0 saturated heterocycles. The van der Waals surface area contributed by atoms with Crippen LogP contribution in [0, 0.1) is 0 Å². The lowest BCUT2D eigenvalue weighted by molar-refractivity contribution is -0.116. The lowest BCUT2D eigenvalue weighted by atomic mass is 10.4. The Bertz CT molecular complexity index is 544. The van der Waals surface area contributed by atoms with Gasteiger partial charge in [-0.15, -0.1) is 10.2 Å². The molecular weight excluding hydrogens is 320 g/mol. The quantitative estimate of drug-likeness (QED) is 0.436. The highest BCUT2D eigenvalue weighted by Crippen LogP contribution is 2.26. The number of rotatable bonds is 8. The number of hydrogen-bond donors (Lipinski definition) is 1. The van der Waals surface area contributed by atoms with Crippen LogP contribution in [0.3, 0.4) is 0 Å². The van der Waals surface area contributed by atoms with E-state index in [9.17, 15) is 13.2 Å². The summed E-state index contributed by atoms with van der Waals surface area (Å²) in [6.45, 7) is 1.88. The highest BCUT2D eigenvalue weighted by Gasteiger charge is 2.16. The number of aromatic nitrogens is 2. The molecule has 1 aromatic rings. The standard InChI is InChI=1S/C10H18N4O3S3/c1-4-5-6-18-10-13-12-9(19-10)11-8(15)7-14(2)20(3,16)17/h4-7H2,1-3H3,(H,11,12,15). The normalized spacial score (nSPS) is 11.8. The van der Waals surface area contributed by atoms with Gasteiger partial charge in [-0.1, -0.05) is 36.4 Å². The van der Waals surface area contributed by atoms with E-state index in [4.69, 9.17) is 0 Å². The number of amides is 1. The Balaban J connectivity index is 2.46. The Morgan fingerprint density at radius 1 is 1.45 bits per heavy atom. The maximum atomic E-state index is 11.7. The number of nitrogens with zero attached hydrogens (tertiary/aromatic N) is 3. The minimum atomic E-state index is -3.36. The second-order valence-electron chi connectivity index (χ2n) is 4.14. The average Bonchev–Trinajstić information content (AvgIpc) is 2.75. The number of carbonyl (C=O) groups excluding carboxylic acids is 1. The van der Waals surface area contributed by atoms with E-state index in [2.05, 4.69) is 22.4 Å². The molecule has 1 aromatic heterocycles. The van der Waals surface area contributed by atoms with Gasteiger partial charge in [0.2, 0.25) is 21.1 Å². The van der Waals surface area contributed by atoms with Crippen LogP contribution in [0.15, 0.2) is 4.34 Å². The van der Waals surface area contributed by atoms with Crippen molar-refractivity contribution in [3.63, 3.8) is 0 Å². The van der Waals surface area contributed by atoms with Gasteiger partial charge in [0.25, 0.3) is 0 Å². The Morgan fingerprint density at radius 2 is 2.15 bits per heavy atom. The topological polar surface area (TPSA) is 92.3 Å². The molecule has 1 N–H and O–H groups in total. The summed E-state index contributed by atoms with van der Waals surface area (Å²) < 4.78 is 24.1. The van der Waals surface area contributed by atoms with E-state index in [0.29, 0.717) is 5.13 Å². The van der Waals surface area contributed by atoms with Crippen LogP contribution in [0.1, 0.15) is 19.8 Å². The van der Waals surface area contributed by atoms with Gasteiger partial charge in [0, 0.05) is 12.8 Å². The zero-order valence-corrected chi connectivity index (χ0v) is 14.1. The first-order valence-corrected chi connectivity index (χ1v) is 9.65. The third-order valence-electron chi connectivity index (χ3n) is 2.31. The van der Waals surface area contributed by atoms with Crippen molar-refractivity contribution in [2.75, 3.05) is 30.9 Å². The van der Waals surface area contributed by atoms with Gasteiger partial charge in [0.15, 0.2) is 4.34 Å². The van der Waals surface area contributed by atoms with Crippen molar-refractivity contribution >= 4 is 44.2 Å². The molecule has 1 amide bonds. The predicted molar refractivity (Wildman–Crippen MR) is 81.6 cm³/mol. The fraction of sp³-hybridized carbons (Fsp3) is 0.700. The largest absolute Gasteiger partial charge is 0.299 e. The zero-order chi connectivity index (χ0) is 15.2. The van der Waals surface area contributed by atoms with Gasteiger partial charge in [0.05, 0.1) is 12.8 Å². The molecule has 0 aliphatic carbocycles. The van der Waals surface area contributed by atoms with Gasteiger partial charge < -0.3 is 0 Å². The molecular formula is C10H18N4O3S3. The van der Waals surface area contributed by atoms with Crippen LogP contribution >= 0.6 is 23.1 Å². The van der Waals surface area contributed by atoms with Crippen LogP contribution in [0.2, 0.25) is 0 Å². The molecule has 1 heterocycles. The summed E-state index contributed by atoms with van der Waals surface area (Å²) in [5.74, 6) is 0.537. The molecule has 0 fully saturated rings. The molecule has 0 aliphatic heterocycles. The summed E-state index contributed by atoms with van der Waals surface area (Å²) in [6.07, 6.45) is 3.27. The smallest absolute Gasteiger partial charge is 0.241 e. The fourth-order valence-corrected chi connectivity index (χ4v) is 3.37. The molecule has 0 atom stereocenters. The van der Waals surface area contributed by atoms with Gasteiger partial charge >= 0.3 is 0 Å². The van der Waals surface area contributed by atoms with Crippen molar-refractivity contribution in [1.29, 1.82) is 0 Å². The predicted octanol–water partition coefficient (Wildman–Crippen LogP) is 1.26. The van der Waals surface area contributed by atoms with E-state index in [1.807, 2.05) is 0 Å². The first-order chi connectivity index (χ1) is 9.32. The van der Waals surface area contributed by atoms with Gasteiger partial charge in [0.1, 0.15) is 0 Å². The molecule has 10 heteroatoms. The minimum Gasteiger partial charge on any atom is -0.299 e. The second kappa shape index (κ2) is 7.91. The van der Waals surface area contributed by atoms with Crippen molar-refractivity contribution in [1.82, 2.24) is 14.5 Å².